The largest absolute Gasteiger partial charge is 0.481 e. The molecule has 0 bridgehead atoms. The zero-order chi connectivity index (χ0) is 13.7. The van der Waals surface area contributed by atoms with Crippen LogP contribution in [0.15, 0.2) is 0 Å². The normalized spacial score (nSPS) is 19.3. The van der Waals surface area contributed by atoms with Crippen LogP contribution in [0.2, 0.25) is 0 Å². The van der Waals surface area contributed by atoms with E-state index in [1.807, 2.05) is 11.8 Å². The average Bonchev–Trinajstić information content (AvgIpc) is 2.82. The summed E-state index contributed by atoms with van der Waals surface area (Å²) in [7, 11) is 0. The third-order valence-electron chi connectivity index (χ3n) is 3.86. The standard InChI is InChI=1S/C13H24N2O3/c1-4-15(11-7-5-6-8-11)13(18)14-10(3)9(2)12(16)17/h9-11H,4-8H2,1-3H3,(H,14,18)(H,16,17). The van der Waals surface area contributed by atoms with Crippen LogP contribution in [0.25, 0.3) is 0 Å². The first kappa shape index (κ1) is 14.8. The summed E-state index contributed by atoms with van der Waals surface area (Å²) in [6.45, 7) is 5.98. The van der Waals surface area contributed by atoms with Crippen molar-refractivity contribution in [3.63, 3.8) is 0 Å². The Bertz CT molecular complexity index is 301. The Morgan fingerprint density at radius 2 is 1.89 bits per heavy atom. The maximum Gasteiger partial charge on any atom is 0.317 e. The lowest BCUT2D eigenvalue weighted by molar-refractivity contribution is -0.141. The second-order valence-corrected chi connectivity index (χ2v) is 5.09. The molecule has 0 aromatic carbocycles. The summed E-state index contributed by atoms with van der Waals surface area (Å²) in [6.07, 6.45) is 4.47. The van der Waals surface area contributed by atoms with Crippen molar-refractivity contribution in [1.82, 2.24) is 10.2 Å². The fourth-order valence-corrected chi connectivity index (χ4v) is 2.40. The summed E-state index contributed by atoms with van der Waals surface area (Å²) in [6, 6.07) is -0.169. The predicted molar refractivity (Wildman–Crippen MR) is 69.4 cm³/mol. The summed E-state index contributed by atoms with van der Waals surface area (Å²) in [5, 5.41) is 11.7. The molecule has 0 saturated heterocycles. The first-order valence-corrected chi connectivity index (χ1v) is 6.77. The number of amides is 2. The molecule has 0 aliphatic heterocycles. The van der Waals surface area contributed by atoms with E-state index in [2.05, 4.69) is 5.32 Å². The molecule has 0 radical (unpaired) electrons. The van der Waals surface area contributed by atoms with Gasteiger partial charge in [0.25, 0.3) is 0 Å². The molecule has 0 spiro atoms. The van der Waals surface area contributed by atoms with E-state index < -0.39 is 11.9 Å². The molecule has 1 saturated carbocycles. The third-order valence-corrected chi connectivity index (χ3v) is 3.86. The minimum absolute atomic E-state index is 0.134. The summed E-state index contributed by atoms with van der Waals surface area (Å²) < 4.78 is 0. The number of rotatable bonds is 5. The highest BCUT2D eigenvalue weighted by Gasteiger charge is 2.28. The zero-order valence-electron chi connectivity index (χ0n) is 11.5. The smallest absolute Gasteiger partial charge is 0.317 e. The van der Waals surface area contributed by atoms with Crippen molar-refractivity contribution in [2.24, 2.45) is 5.92 Å². The van der Waals surface area contributed by atoms with Gasteiger partial charge in [0, 0.05) is 18.6 Å². The number of aliphatic carboxylic acids is 1. The molecule has 1 aliphatic carbocycles. The summed E-state index contributed by atoms with van der Waals surface area (Å²) >= 11 is 0. The van der Waals surface area contributed by atoms with Crippen LogP contribution >= 0.6 is 0 Å². The first-order valence-electron chi connectivity index (χ1n) is 6.77. The second kappa shape index (κ2) is 6.61. The molecule has 18 heavy (non-hydrogen) atoms. The molecule has 2 N–H and O–H groups in total. The van der Waals surface area contributed by atoms with Gasteiger partial charge in [0.05, 0.1) is 5.92 Å². The number of carbonyl (C=O) groups is 2. The number of nitrogens with zero attached hydrogens (tertiary/aromatic N) is 1. The van der Waals surface area contributed by atoms with Crippen molar-refractivity contribution in [3.05, 3.63) is 0 Å². The van der Waals surface area contributed by atoms with E-state index in [9.17, 15) is 9.59 Å². The Balaban J connectivity index is 2.54. The van der Waals surface area contributed by atoms with Gasteiger partial charge in [-0.25, -0.2) is 4.79 Å². The highest BCUT2D eigenvalue weighted by molar-refractivity contribution is 5.76. The van der Waals surface area contributed by atoms with Crippen molar-refractivity contribution in [3.8, 4) is 0 Å². The van der Waals surface area contributed by atoms with Gasteiger partial charge in [0.1, 0.15) is 0 Å². The van der Waals surface area contributed by atoms with E-state index >= 15 is 0 Å². The van der Waals surface area contributed by atoms with E-state index in [0.717, 1.165) is 12.8 Å². The highest BCUT2D eigenvalue weighted by Crippen LogP contribution is 2.23. The predicted octanol–water partition coefficient (Wildman–Crippen LogP) is 2.07. The van der Waals surface area contributed by atoms with Crippen LogP contribution in [0.4, 0.5) is 4.79 Å². The molecule has 5 nitrogen and oxygen atoms in total. The van der Waals surface area contributed by atoms with Gasteiger partial charge in [0.15, 0.2) is 0 Å². The zero-order valence-corrected chi connectivity index (χ0v) is 11.5. The van der Waals surface area contributed by atoms with E-state index in [1.54, 1.807) is 13.8 Å². The van der Waals surface area contributed by atoms with Gasteiger partial charge < -0.3 is 15.3 Å². The lowest BCUT2D eigenvalue weighted by Crippen LogP contribution is -2.50. The number of carboxylic acid groups (broad SMARTS) is 1. The Morgan fingerprint density at radius 3 is 2.33 bits per heavy atom. The number of nitrogens with one attached hydrogen (secondary N) is 1. The van der Waals surface area contributed by atoms with Gasteiger partial charge in [-0.05, 0) is 33.6 Å². The number of hydrogen-bond donors (Lipinski definition) is 2. The number of urea groups is 1. The Hall–Kier alpha value is -1.26. The molecule has 104 valence electrons. The lowest BCUT2D eigenvalue weighted by atomic mass is 10.0. The van der Waals surface area contributed by atoms with Gasteiger partial charge in [-0.1, -0.05) is 12.8 Å². The molecular formula is C13H24N2O3. The maximum atomic E-state index is 12.1. The number of carboxylic acids is 1. The minimum atomic E-state index is -0.883. The highest BCUT2D eigenvalue weighted by atomic mass is 16.4. The molecule has 5 heteroatoms. The fourth-order valence-electron chi connectivity index (χ4n) is 2.40. The lowest BCUT2D eigenvalue weighted by Gasteiger charge is -2.30. The maximum absolute atomic E-state index is 12.1. The summed E-state index contributed by atoms with van der Waals surface area (Å²) in [4.78, 5) is 24.8. The molecule has 1 rings (SSSR count). The Kier molecular flexibility index (Phi) is 5.44. The minimum Gasteiger partial charge on any atom is -0.481 e. The Morgan fingerprint density at radius 1 is 1.33 bits per heavy atom. The molecule has 0 aromatic heterocycles. The number of hydrogen-bond acceptors (Lipinski definition) is 2. The van der Waals surface area contributed by atoms with Crippen molar-refractivity contribution in [2.45, 2.75) is 58.5 Å². The molecule has 2 atom stereocenters. The Labute approximate surface area is 109 Å². The quantitative estimate of drug-likeness (QED) is 0.791. The first-order chi connectivity index (χ1) is 8.47. The van der Waals surface area contributed by atoms with Gasteiger partial charge >= 0.3 is 12.0 Å². The van der Waals surface area contributed by atoms with Crippen molar-refractivity contribution in [2.75, 3.05) is 6.54 Å². The van der Waals surface area contributed by atoms with Crippen LogP contribution in [-0.2, 0) is 4.79 Å². The van der Waals surface area contributed by atoms with E-state index in [0.29, 0.717) is 12.6 Å². The van der Waals surface area contributed by atoms with Crippen LogP contribution in [0.3, 0.4) is 0 Å². The molecule has 0 heterocycles. The summed E-state index contributed by atoms with van der Waals surface area (Å²) in [5.74, 6) is -1.46. The van der Waals surface area contributed by atoms with Crippen LogP contribution < -0.4 is 5.32 Å². The molecule has 1 aliphatic rings. The van der Waals surface area contributed by atoms with Gasteiger partial charge in [-0.15, -0.1) is 0 Å². The summed E-state index contributed by atoms with van der Waals surface area (Å²) in [5.41, 5.74) is 0. The second-order valence-electron chi connectivity index (χ2n) is 5.09. The van der Waals surface area contributed by atoms with Crippen LogP contribution in [0.5, 0.6) is 0 Å². The van der Waals surface area contributed by atoms with Crippen LogP contribution in [0, 0.1) is 5.92 Å². The fraction of sp³-hybridized carbons (Fsp3) is 0.846. The van der Waals surface area contributed by atoms with Gasteiger partial charge in [0.2, 0.25) is 0 Å². The SMILES string of the molecule is CCN(C(=O)NC(C)C(C)C(=O)O)C1CCCC1. The number of carbonyl (C=O) groups excluding carboxylic acids is 1. The van der Waals surface area contributed by atoms with Gasteiger partial charge in [-0.2, -0.15) is 0 Å². The van der Waals surface area contributed by atoms with Crippen LogP contribution in [-0.4, -0.2) is 40.6 Å². The molecule has 1 fully saturated rings. The van der Waals surface area contributed by atoms with Crippen molar-refractivity contribution in [1.29, 1.82) is 0 Å². The molecular weight excluding hydrogens is 232 g/mol. The van der Waals surface area contributed by atoms with Gasteiger partial charge in [-0.3, -0.25) is 4.79 Å². The van der Waals surface area contributed by atoms with E-state index in [1.165, 1.54) is 12.8 Å². The third kappa shape index (κ3) is 3.62. The molecule has 2 unspecified atom stereocenters. The van der Waals surface area contributed by atoms with E-state index in [-0.39, 0.29) is 12.1 Å². The van der Waals surface area contributed by atoms with Crippen LogP contribution in [0.1, 0.15) is 46.5 Å². The van der Waals surface area contributed by atoms with Crippen molar-refractivity contribution < 1.29 is 14.7 Å². The topological polar surface area (TPSA) is 69.6 Å². The average molecular weight is 256 g/mol. The monoisotopic (exact) mass is 256 g/mol. The van der Waals surface area contributed by atoms with Crippen molar-refractivity contribution >= 4 is 12.0 Å². The molecule has 0 aromatic rings. The van der Waals surface area contributed by atoms with E-state index in [4.69, 9.17) is 5.11 Å². The molecule has 2 amide bonds.